The molecular weight excluding hydrogens is 578 g/mol. The van der Waals surface area contributed by atoms with Crippen molar-refractivity contribution >= 4 is 11.9 Å². The monoisotopic (exact) mass is 631 g/mol. The van der Waals surface area contributed by atoms with Crippen LogP contribution in [0.1, 0.15) is 125 Å². The molecule has 0 N–H and O–H groups in total. The molecule has 0 amide bonds. The molecular formula is C34H53N3O8. The molecule has 5 aliphatic carbocycles. The molecule has 5 saturated carbocycles. The predicted molar refractivity (Wildman–Crippen MR) is 162 cm³/mol. The smallest absolute Gasteiger partial charge is 0.302 e. The number of nitrogens with zero attached hydrogens (tertiary/aromatic N) is 3. The molecule has 45 heavy (non-hydrogen) atoms. The number of ether oxygens (including phenoxy) is 2. The Labute approximate surface area is 267 Å². The number of esters is 2. The van der Waals surface area contributed by atoms with Gasteiger partial charge in [-0.15, -0.1) is 0 Å². The second kappa shape index (κ2) is 12.6. The molecule has 0 radical (unpaired) electrons. The first-order chi connectivity index (χ1) is 21.5. The fourth-order valence-corrected chi connectivity index (χ4v) is 11.2. The van der Waals surface area contributed by atoms with Crippen LogP contribution in [0.2, 0.25) is 0 Å². The molecule has 6 fully saturated rings. The quantitative estimate of drug-likeness (QED) is 0.0695. The summed E-state index contributed by atoms with van der Waals surface area (Å²) in [7, 11) is 0. The molecule has 1 saturated heterocycles. The minimum Gasteiger partial charge on any atom is -0.462 e. The number of carbonyl (C=O) groups is 2. The molecule has 0 aromatic rings. The van der Waals surface area contributed by atoms with Gasteiger partial charge in [0.2, 0.25) is 11.6 Å². The summed E-state index contributed by atoms with van der Waals surface area (Å²) < 4.78 is 12.5. The van der Waals surface area contributed by atoms with Crippen molar-refractivity contribution in [2.45, 2.75) is 148 Å². The van der Waals surface area contributed by atoms with Crippen molar-refractivity contribution in [2.75, 3.05) is 6.54 Å². The second-order valence-electron chi connectivity index (χ2n) is 15.8. The van der Waals surface area contributed by atoms with Crippen molar-refractivity contribution in [2.24, 2.45) is 51.5 Å². The number of carbonyl (C=O) groups excluding carboxylic acids is 2. The van der Waals surface area contributed by atoms with Gasteiger partial charge < -0.3 is 9.47 Å². The van der Waals surface area contributed by atoms with Gasteiger partial charge in [-0.2, -0.15) is 19.6 Å². The van der Waals surface area contributed by atoms with E-state index in [1.165, 1.54) is 13.8 Å². The Balaban J connectivity index is 1.27. The molecule has 10 atom stereocenters. The van der Waals surface area contributed by atoms with Gasteiger partial charge in [-0.05, 0) is 91.9 Å². The molecule has 6 rings (SSSR count). The fourth-order valence-electron chi connectivity index (χ4n) is 11.2. The number of rotatable bonds is 7. The van der Waals surface area contributed by atoms with E-state index in [2.05, 4.69) is 30.8 Å². The number of fused-ring (bicyclic) bond motifs is 5. The summed E-state index contributed by atoms with van der Waals surface area (Å²) in [5, 5.41) is 3.74. The normalized spacial score (nSPS) is 42.0. The van der Waals surface area contributed by atoms with Crippen molar-refractivity contribution in [1.82, 2.24) is 0 Å². The summed E-state index contributed by atoms with van der Waals surface area (Å²) in [6, 6.07) is 0. The van der Waals surface area contributed by atoms with E-state index in [0.29, 0.717) is 31.2 Å². The Morgan fingerprint density at radius 2 is 1.60 bits per heavy atom. The maximum absolute atomic E-state index is 12.6. The van der Waals surface area contributed by atoms with E-state index in [9.17, 15) is 9.59 Å². The average molecular weight is 632 g/mol. The van der Waals surface area contributed by atoms with Crippen LogP contribution in [0, 0.1) is 46.3 Å². The molecule has 11 heteroatoms. The lowest BCUT2D eigenvalue weighted by molar-refractivity contribution is -0.665. The average Bonchev–Trinajstić information content (AvgIpc) is 3.36. The highest BCUT2D eigenvalue weighted by Crippen LogP contribution is 2.70. The Morgan fingerprint density at radius 1 is 0.911 bits per heavy atom. The molecule has 1 aliphatic heterocycles. The zero-order valence-electron chi connectivity index (χ0n) is 27.8. The summed E-state index contributed by atoms with van der Waals surface area (Å²) >= 11 is 0. The molecule has 0 aromatic carbocycles. The first kappa shape index (κ1) is 33.0. The van der Waals surface area contributed by atoms with Crippen LogP contribution in [0.5, 0.6) is 0 Å². The lowest BCUT2D eigenvalue weighted by Crippen LogP contribution is -2.65. The van der Waals surface area contributed by atoms with Crippen LogP contribution in [-0.4, -0.2) is 42.3 Å². The molecule has 0 aromatic heterocycles. The summed E-state index contributed by atoms with van der Waals surface area (Å²) in [4.78, 5) is 52.4. The van der Waals surface area contributed by atoms with Gasteiger partial charge in [0.25, 0.3) is 0 Å². The molecule has 1 heterocycles. The highest BCUT2D eigenvalue weighted by molar-refractivity contribution is 5.66. The largest absolute Gasteiger partial charge is 0.462 e. The minimum atomic E-state index is -0.984. The van der Waals surface area contributed by atoms with Crippen LogP contribution in [0.4, 0.5) is 0 Å². The van der Waals surface area contributed by atoms with Gasteiger partial charge in [-0.1, -0.05) is 38.7 Å². The highest BCUT2D eigenvalue weighted by atomic mass is 17.4. The van der Waals surface area contributed by atoms with Crippen LogP contribution in [-0.2, 0) is 38.6 Å². The summed E-state index contributed by atoms with van der Waals surface area (Å²) in [5.74, 6) is -0.795. The number of hydrogen-bond acceptors (Lipinski definition) is 9. The van der Waals surface area contributed by atoms with E-state index < -0.39 is 11.6 Å². The standard InChI is InChI=1S/C34H53N3O8/c1-21(10-9-17-36-37-35)25-11-12-26-30-27(19-29(32(25,26)5)41-23(3)39)31(4)15-16-34(20-24(31)18-28(30)40-22(2)38)44-42-33(43-45-34)13-7-6-8-14-33/h21,24-30H,6-20H2,1-5H3/t21-,24-,25-,26+,27+,28-,29+,30+,31+,32-/m1/s1. The predicted octanol–water partition coefficient (Wildman–Crippen LogP) is 7.72. The van der Waals surface area contributed by atoms with Gasteiger partial charge >= 0.3 is 11.9 Å². The van der Waals surface area contributed by atoms with Crippen molar-refractivity contribution < 1.29 is 38.6 Å². The Kier molecular flexibility index (Phi) is 9.24. The van der Waals surface area contributed by atoms with Crippen molar-refractivity contribution in [1.29, 1.82) is 0 Å². The summed E-state index contributed by atoms with van der Waals surface area (Å²) in [5.41, 5.74) is 8.40. The molecule has 0 bridgehead atoms. The van der Waals surface area contributed by atoms with Crippen molar-refractivity contribution in [3.63, 3.8) is 0 Å². The van der Waals surface area contributed by atoms with Gasteiger partial charge in [-0.25, -0.2) is 0 Å². The number of hydrogen-bond donors (Lipinski definition) is 0. The van der Waals surface area contributed by atoms with Crippen LogP contribution in [0.3, 0.4) is 0 Å². The minimum absolute atomic E-state index is 0.0853. The topological polar surface area (TPSA) is 138 Å². The van der Waals surface area contributed by atoms with Gasteiger partial charge in [0, 0.05) is 62.3 Å². The number of azide groups is 1. The Bertz CT molecular complexity index is 1160. The van der Waals surface area contributed by atoms with Crippen LogP contribution >= 0.6 is 0 Å². The van der Waals surface area contributed by atoms with E-state index in [1.807, 2.05) is 0 Å². The Hall–Kier alpha value is -1.91. The molecule has 252 valence electrons. The fraction of sp³-hybridized carbons (Fsp3) is 0.941. The molecule has 0 unspecified atom stereocenters. The van der Waals surface area contributed by atoms with Crippen molar-refractivity contribution in [3.8, 4) is 0 Å². The van der Waals surface area contributed by atoms with Crippen molar-refractivity contribution in [3.05, 3.63) is 10.4 Å². The van der Waals surface area contributed by atoms with E-state index in [1.54, 1.807) is 0 Å². The van der Waals surface area contributed by atoms with E-state index in [-0.39, 0.29) is 58.6 Å². The first-order valence-electron chi connectivity index (χ1n) is 17.5. The third-order valence-electron chi connectivity index (χ3n) is 13.4. The lowest BCUT2D eigenvalue weighted by atomic mass is 9.42. The van der Waals surface area contributed by atoms with Gasteiger partial charge in [0.15, 0.2) is 0 Å². The van der Waals surface area contributed by atoms with Gasteiger partial charge in [0.1, 0.15) is 12.2 Å². The molecule has 2 spiro atoms. The van der Waals surface area contributed by atoms with Gasteiger partial charge in [0.05, 0.1) is 0 Å². The zero-order chi connectivity index (χ0) is 32.0. The van der Waals surface area contributed by atoms with Crippen LogP contribution < -0.4 is 0 Å². The molecule has 11 nitrogen and oxygen atoms in total. The summed E-state index contributed by atoms with van der Waals surface area (Å²) in [6.45, 7) is 10.5. The maximum Gasteiger partial charge on any atom is 0.302 e. The SMILES string of the molecule is CC(=O)O[C@H]1C[C@H]2[C@@H]([C@H](OC(C)=O)C[C@@H]3CC4(CC[C@@]32C)OOC2(CCCCC2)OO4)[C@@H]2CC[C@H]([C@H](C)CCCN=[N+]=[N-])[C@@]12C. The van der Waals surface area contributed by atoms with Gasteiger partial charge in [-0.3, -0.25) is 9.59 Å². The third-order valence-corrected chi connectivity index (χ3v) is 13.4. The van der Waals surface area contributed by atoms with E-state index in [0.717, 1.165) is 77.0 Å². The molecule has 6 aliphatic rings. The van der Waals surface area contributed by atoms with E-state index >= 15 is 0 Å². The maximum atomic E-state index is 12.6. The first-order valence-corrected chi connectivity index (χ1v) is 17.5. The second-order valence-corrected chi connectivity index (χ2v) is 15.8. The summed E-state index contributed by atoms with van der Waals surface area (Å²) in [6.07, 6.45) is 11.6. The third kappa shape index (κ3) is 5.90. The highest BCUT2D eigenvalue weighted by Gasteiger charge is 2.69. The van der Waals surface area contributed by atoms with Crippen LogP contribution in [0.25, 0.3) is 10.4 Å². The zero-order valence-corrected chi connectivity index (χ0v) is 27.8. The van der Waals surface area contributed by atoms with E-state index in [4.69, 9.17) is 34.6 Å². The van der Waals surface area contributed by atoms with Crippen LogP contribution in [0.15, 0.2) is 5.11 Å². The lowest BCUT2D eigenvalue weighted by Gasteiger charge is -2.65. The Morgan fingerprint density at radius 3 is 2.27 bits per heavy atom.